The lowest BCUT2D eigenvalue weighted by Gasteiger charge is -2.35. The van der Waals surface area contributed by atoms with Crippen LogP contribution in [0, 0.1) is 0 Å². The van der Waals surface area contributed by atoms with Crippen LogP contribution < -0.4 is 5.32 Å². The summed E-state index contributed by atoms with van der Waals surface area (Å²) in [6.07, 6.45) is 6.41. The molecule has 2 atom stereocenters. The molecule has 1 aliphatic carbocycles. The Balaban J connectivity index is 1.67. The van der Waals surface area contributed by atoms with E-state index in [1.807, 2.05) is 21.1 Å². The summed E-state index contributed by atoms with van der Waals surface area (Å²) in [4.78, 5) is 19.0. The summed E-state index contributed by atoms with van der Waals surface area (Å²) in [6, 6.07) is 8.49. The second-order valence-electron chi connectivity index (χ2n) is 8.49. The third-order valence-corrected chi connectivity index (χ3v) is 5.98. The highest BCUT2D eigenvalue weighted by Crippen LogP contribution is 2.47. The van der Waals surface area contributed by atoms with Crippen LogP contribution in [0.2, 0.25) is 0 Å². The molecule has 1 aromatic carbocycles. The van der Waals surface area contributed by atoms with Gasteiger partial charge in [0.25, 0.3) is 0 Å². The number of allylic oxidation sites excluding steroid dienone is 3. The Morgan fingerprint density at radius 2 is 2.03 bits per heavy atom. The number of aromatic nitrogens is 3. The van der Waals surface area contributed by atoms with Gasteiger partial charge in [0.15, 0.2) is 5.78 Å². The number of aryl methyl sites for hydroxylation is 1. The van der Waals surface area contributed by atoms with E-state index in [2.05, 4.69) is 55.7 Å². The Morgan fingerprint density at radius 3 is 2.72 bits per heavy atom. The van der Waals surface area contributed by atoms with Crippen LogP contribution in [0.25, 0.3) is 0 Å². The normalized spacial score (nSPS) is 22.4. The zero-order valence-corrected chi connectivity index (χ0v) is 18.2. The van der Waals surface area contributed by atoms with E-state index in [-0.39, 0.29) is 35.1 Å². The largest absolute Gasteiger partial charge is 0.380 e. The smallest absolute Gasteiger partial charge is 0.176 e. The van der Waals surface area contributed by atoms with E-state index in [1.54, 1.807) is 4.68 Å². The van der Waals surface area contributed by atoms with Crippen molar-refractivity contribution in [3.05, 3.63) is 82.2 Å². The van der Waals surface area contributed by atoms with E-state index < -0.39 is 0 Å². The summed E-state index contributed by atoms with van der Waals surface area (Å²) < 4.78 is 16.3. The zero-order chi connectivity index (χ0) is 22.4. The minimum atomic E-state index is -0.268. The van der Waals surface area contributed by atoms with Gasteiger partial charge < -0.3 is 10.2 Å². The molecule has 0 saturated heterocycles. The number of nitrogens with zero attached hydrogens (tertiary/aromatic N) is 6. The average molecular weight is 433 g/mol. The molecule has 2 aromatic rings. The van der Waals surface area contributed by atoms with E-state index in [9.17, 15) is 9.28 Å². The number of carbonyl (C=O) groups is 1. The molecular formula is C23H24FN7O. The van der Waals surface area contributed by atoms with Gasteiger partial charge in [-0.1, -0.05) is 40.1 Å². The van der Waals surface area contributed by atoms with Crippen molar-refractivity contribution in [1.82, 2.24) is 30.2 Å². The number of carbonyl (C=O) groups excluding carboxylic acids is 1. The Labute approximate surface area is 185 Å². The van der Waals surface area contributed by atoms with Gasteiger partial charge >= 0.3 is 0 Å². The summed E-state index contributed by atoms with van der Waals surface area (Å²) in [5.41, 5.74) is 4.64. The number of nitrogens with one attached hydrogen (secondary N) is 1. The Bertz CT molecular complexity index is 1190. The van der Waals surface area contributed by atoms with Crippen molar-refractivity contribution in [2.24, 2.45) is 12.1 Å². The number of rotatable bonds is 4. The monoisotopic (exact) mass is 433 g/mol. The molecule has 0 bridgehead atoms. The van der Waals surface area contributed by atoms with E-state index >= 15 is 0 Å². The van der Waals surface area contributed by atoms with E-state index in [1.165, 1.54) is 24.2 Å². The molecule has 32 heavy (non-hydrogen) atoms. The highest BCUT2D eigenvalue weighted by atomic mass is 19.2. The molecule has 0 amide bonds. The van der Waals surface area contributed by atoms with Gasteiger partial charge in [-0.05, 0) is 25.2 Å². The molecule has 3 aliphatic rings. The second-order valence-corrected chi connectivity index (χ2v) is 8.49. The molecule has 9 heteroatoms. The van der Waals surface area contributed by atoms with Gasteiger partial charge in [-0.15, -0.1) is 5.10 Å². The minimum Gasteiger partial charge on any atom is -0.380 e. The van der Waals surface area contributed by atoms with E-state index in [0.29, 0.717) is 5.57 Å². The maximum absolute atomic E-state index is 14.6. The number of ketones is 1. The third kappa shape index (κ3) is 3.44. The van der Waals surface area contributed by atoms with Crippen LogP contribution in [0.1, 0.15) is 28.8 Å². The van der Waals surface area contributed by atoms with Gasteiger partial charge in [0.2, 0.25) is 0 Å². The maximum Gasteiger partial charge on any atom is 0.176 e. The van der Waals surface area contributed by atoms with Crippen molar-refractivity contribution >= 4 is 12.0 Å². The fourth-order valence-electron chi connectivity index (χ4n) is 4.61. The Kier molecular flexibility index (Phi) is 4.97. The van der Waals surface area contributed by atoms with Crippen molar-refractivity contribution < 1.29 is 9.28 Å². The number of hydrogen-bond acceptors (Lipinski definition) is 7. The van der Waals surface area contributed by atoms with Crippen molar-refractivity contribution in [1.29, 1.82) is 0 Å². The van der Waals surface area contributed by atoms with Crippen LogP contribution >= 0.6 is 0 Å². The molecule has 2 aliphatic heterocycles. The maximum atomic E-state index is 14.6. The van der Waals surface area contributed by atoms with Gasteiger partial charge in [-0.3, -0.25) is 9.48 Å². The first-order chi connectivity index (χ1) is 15.4. The average Bonchev–Trinajstić information content (AvgIpc) is 3.10. The van der Waals surface area contributed by atoms with E-state index in [0.717, 1.165) is 29.2 Å². The third-order valence-electron chi connectivity index (χ3n) is 5.98. The molecule has 1 N–H and O–H groups in total. The fourth-order valence-corrected chi connectivity index (χ4v) is 4.61. The first kappa shape index (κ1) is 20.3. The van der Waals surface area contributed by atoms with Crippen LogP contribution in [0.15, 0.2) is 70.4 Å². The van der Waals surface area contributed by atoms with Crippen molar-refractivity contribution in [2.75, 3.05) is 20.6 Å². The van der Waals surface area contributed by atoms with Crippen LogP contribution in [-0.4, -0.2) is 57.5 Å². The van der Waals surface area contributed by atoms with Crippen LogP contribution in [0.4, 0.5) is 4.48 Å². The summed E-state index contributed by atoms with van der Waals surface area (Å²) in [5, 5.41) is 11.7. The number of benzene rings is 1. The predicted molar refractivity (Wildman–Crippen MR) is 118 cm³/mol. The van der Waals surface area contributed by atoms with Gasteiger partial charge in [0, 0.05) is 42.4 Å². The molecule has 3 heterocycles. The van der Waals surface area contributed by atoms with Gasteiger partial charge in [-0.2, -0.15) is 5.10 Å². The Hall–Kier alpha value is -3.59. The predicted octanol–water partition coefficient (Wildman–Crippen LogP) is 2.18. The van der Waals surface area contributed by atoms with Crippen molar-refractivity contribution in [3.63, 3.8) is 0 Å². The molecule has 0 radical (unpaired) electrons. The summed E-state index contributed by atoms with van der Waals surface area (Å²) in [6.45, 7) is 0.928. The number of hydrogen-bond donors (Lipinski definition) is 1. The zero-order valence-electron chi connectivity index (χ0n) is 18.2. The number of hydrazone groups is 1. The standard InChI is InChI=1S/C23H24FN7O/c1-29(2)12-14-4-6-15(7-5-14)18-8-16-10-27-31(24)19-9-17(32)11-25-22(20(16)19)21(18)23-26-13-28-30(23)3/h4-10,13,18,21,25H,11-12H2,1-3H3. The molecule has 164 valence electrons. The highest BCUT2D eigenvalue weighted by molar-refractivity contribution is 5.97. The van der Waals surface area contributed by atoms with Crippen molar-refractivity contribution in [2.45, 2.75) is 18.4 Å². The van der Waals surface area contributed by atoms with Gasteiger partial charge in [0.1, 0.15) is 17.8 Å². The van der Waals surface area contributed by atoms with Crippen LogP contribution in [0.3, 0.4) is 0 Å². The quantitative estimate of drug-likeness (QED) is 0.745. The second kappa shape index (κ2) is 7.83. The molecular weight excluding hydrogens is 409 g/mol. The molecule has 0 saturated carbocycles. The highest BCUT2D eigenvalue weighted by Gasteiger charge is 2.41. The number of halogens is 1. The first-order valence-corrected chi connectivity index (χ1v) is 10.4. The van der Waals surface area contributed by atoms with Gasteiger partial charge in [-0.25, -0.2) is 4.98 Å². The lowest BCUT2D eigenvalue weighted by atomic mass is 9.74. The lowest BCUT2D eigenvalue weighted by molar-refractivity contribution is -0.113. The molecule has 2 unspecified atom stereocenters. The van der Waals surface area contributed by atoms with E-state index in [4.69, 9.17) is 0 Å². The molecule has 1 aromatic heterocycles. The summed E-state index contributed by atoms with van der Waals surface area (Å²) in [7, 11) is 5.92. The molecule has 0 fully saturated rings. The topological polar surface area (TPSA) is 78.7 Å². The molecule has 8 nitrogen and oxygen atoms in total. The van der Waals surface area contributed by atoms with Crippen LogP contribution in [0.5, 0.6) is 0 Å². The van der Waals surface area contributed by atoms with Crippen molar-refractivity contribution in [3.8, 4) is 0 Å². The first-order valence-electron chi connectivity index (χ1n) is 10.4. The summed E-state index contributed by atoms with van der Waals surface area (Å²) in [5.74, 6) is 0.156. The van der Waals surface area contributed by atoms with Gasteiger partial charge in [0.05, 0.1) is 18.7 Å². The summed E-state index contributed by atoms with van der Waals surface area (Å²) >= 11 is 0. The van der Waals surface area contributed by atoms with Crippen LogP contribution in [-0.2, 0) is 18.4 Å². The fraction of sp³-hybridized carbons (Fsp3) is 0.304. The molecule has 5 rings (SSSR count). The Morgan fingerprint density at radius 1 is 1.25 bits per heavy atom. The molecule has 0 spiro atoms. The lowest BCUT2D eigenvalue weighted by Crippen LogP contribution is -2.33. The SMILES string of the molecule is CN(C)Cc1ccc(C2C=C3C=NN(F)C4=CC(=O)CNC(=C34)C2c2ncnn2C)cc1. The minimum absolute atomic E-state index is 0.0757.